The number of carbonyl (C=O) groups is 2. The Bertz CT molecular complexity index is 1180. The summed E-state index contributed by atoms with van der Waals surface area (Å²) >= 11 is 1.26. The molecule has 1 aliphatic heterocycles. The summed E-state index contributed by atoms with van der Waals surface area (Å²) in [6, 6.07) is 7.88. The predicted molar refractivity (Wildman–Crippen MR) is 125 cm³/mol. The highest BCUT2D eigenvalue weighted by Crippen LogP contribution is 2.37. The zero-order valence-corrected chi connectivity index (χ0v) is 20.4. The van der Waals surface area contributed by atoms with E-state index in [2.05, 4.69) is 11.4 Å². The quantitative estimate of drug-likeness (QED) is 0.635. The Morgan fingerprint density at radius 2 is 1.88 bits per heavy atom. The van der Waals surface area contributed by atoms with Crippen LogP contribution in [0, 0.1) is 11.3 Å². The zero-order chi connectivity index (χ0) is 24.2. The van der Waals surface area contributed by atoms with E-state index in [1.54, 1.807) is 25.7 Å². The number of hydrogen-bond donors (Lipinski definition) is 1. The molecule has 0 unspecified atom stereocenters. The van der Waals surface area contributed by atoms with Crippen LogP contribution in [0.2, 0.25) is 0 Å². The summed E-state index contributed by atoms with van der Waals surface area (Å²) in [7, 11) is -3.61. The minimum absolute atomic E-state index is 0.117. The third-order valence-corrected chi connectivity index (χ3v) is 8.58. The van der Waals surface area contributed by atoms with Gasteiger partial charge in [0.25, 0.3) is 5.91 Å². The molecule has 1 aromatic carbocycles. The van der Waals surface area contributed by atoms with E-state index in [1.807, 2.05) is 0 Å². The highest BCUT2D eigenvalue weighted by atomic mass is 32.2. The van der Waals surface area contributed by atoms with Gasteiger partial charge in [-0.25, -0.2) is 13.2 Å². The van der Waals surface area contributed by atoms with Crippen molar-refractivity contribution in [2.45, 2.75) is 38.6 Å². The average Bonchev–Trinajstić information content (AvgIpc) is 3.15. The van der Waals surface area contributed by atoms with Gasteiger partial charge in [0.2, 0.25) is 10.0 Å². The number of amides is 2. The SMILES string of the molecule is CCOC(=O)N1CCc2c(sc(NC(=O)c3ccc(S(=O)(=O)N(CC)CC)cc3)c2C#N)C1. The summed E-state index contributed by atoms with van der Waals surface area (Å²) in [6.07, 6.45) is 0.0989. The first-order valence-electron chi connectivity index (χ1n) is 10.6. The fourth-order valence-electron chi connectivity index (χ4n) is 3.65. The lowest BCUT2D eigenvalue weighted by Crippen LogP contribution is -2.35. The molecule has 2 aromatic rings. The van der Waals surface area contributed by atoms with E-state index in [-0.39, 0.29) is 17.1 Å². The number of hydrogen-bond acceptors (Lipinski definition) is 7. The minimum Gasteiger partial charge on any atom is -0.450 e. The van der Waals surface area contributed by atoms with Crippen molar-refractivity contribution in [2.75, 3.05) is 31.6 Å². The van der Waals surface area contributed by atoms with Crippen molar-refractivity contribution < 1.29 is 22.7 Å². The van der Waals surface area contributed by atoms with Gasteiger partial charge in [-0.1, -0.05) is 13.8 Å². The van der Waals surface area contributed by atoms with Crippen LogP contribution in [0.4, 0.5) is 9.80 Å². The minimum atomic E-state index is -3.61. The van der Waals surface area contributed by atoms with Gasteiger partial charge in [0, 0.05) is 30.1 Å². The van der Waals surface area contributed by atoms with Gasteiger partial charge >= 0.3 is 6.09 Å². The van der Waals surface area contributed by atoms with Crippen molar-refractivity contribution in [1.82, 2.24) is 9.21 Å². The second kappa shape index (κ2) is 10.3. The maximum Gasteiger partial charge on any atom is 0.410 e. The number of rotatable bonds is 7. The molecular weight excluding hydrogens is 464 g/mol. The molecule has 0 spiro atoms. The summed E-state index contributed by atoms with van der Waals surface area (Å²) in [5.41, 5.74) is 1.50. The first-order chi connectivity index (χ1) is 15.8. The van der Waals surface area contributed by atoms with Crippen molar-refractivity contribution in [3.05, 3.63) is 45.8 Å². The molecule has 2 heterocycles. The fourth-order valence-corrected chi connectivity index (χ4v) is 6.31. The Kier molecular flexibility index (Phi) is 7.73. The van der Waals surface area contributed by atoms with Crippen LogP contribution in [0.25, 0.3) is 0 Å². The van der Waals surface area contributed by atoms with Gasteiger partial charge in [-0.15, -0.1) is 11.3 Å². The normalized spacial score (nSPS) is 13.4. The molecule has 11 heteroatoms. The van der Waals surface area contributed by atoms with Crippen molar-refractivity contribution in [3.63, 3.8) is 0 Å². The third kappa shape index (κ3) is 5.03. The Morgan fingerprint density at radius 3 is 2.45 bits per heavy atom. The molecule has 1 N–H and O–H groups in total. The number of ether oxygens (including phenoxy) is 1. The molecular formula is C22H26N4O5S2. The summed E-state index contributed by atoms with van der Waals surface area (Å²) in [6.45, 7) is 7.03. The average molecular weight is 491 g/mol. The van der Waals surface area contributed by atoms with E-state index in [4.69, 9.17) is 4.74 Å². The summed E-state index contributed by atoms with van der Waals surface area (Å²) in [5, 5.41) is 12.8. The monoisotopic (exact) mass is 490 g/mol. The van der Waals surface area contributed by atoms with Crippen LogP contribution >= 0.6 is 11.3 Å². The van der Waals surface area contributed by atoms with E-state index in [9.17, 15) is 23.3 Å². The number of nitrogens with one attached hydrogen (secondary N) is 1. The molecule has 9 nitrogen and oxygen atoms in total. The molecule has 1 aliphatic rings. The van der Waals surface area contributed by atoms with Crippen molar-refractivity contribution in [2.24, 2.45) is 0 Å². The third-order valence-electron chi connectivity index (χ3n) is 5.38. The van der Waals surface area contributed by atoms with E-state index in [1.165, 1.54) is 39.9 Å². The maximum atomic E-state index is 12.8. The Morgan fingerprint density at radius 1 is 1.21 bits per heavy atom. The number of nitrogens with zero attached hydrogens (tertiary/aromatic N) is 3. The smallest absolute Gasteiger partial charge is 0.410 e. The van der Waals surface area contributed by atoms with Crippen LogP contribution in [0.15, 0.2) is 29.2 Å². The topological polar surface area (TPSA) is 120 Å². The van der Waals surface area contributed by atoms with Crippen LogP contribution in [0.1, 0.15) is 47.1 Å². The highest BCUT2D eigenvalue weighted by Gasteiger charge is 2.28. The zero-order valence-electron chi connectivity index (χ0n) is 18.8. The lowest BCUT2D eigenvalue weighted by molar-refractivity contribution is 0.102. The van der Waals surface area contributed by atoms with Crippen LogP contribution in [-0.2, 0) is 27.7 Å². The van der Waals surface area contributed by atoms with E-state index < -0.39 is 22.0 Å². The molecule has 0 bridgehead atoms. The van der Waals surface area contributed by atoms with Gasteiger partial charge < -0.3 is 15.0 Å². The summed E-state index contributed by atoms with van der Waals surface area (Å²) in [5.74, 6) is -0.445. The Hall–Kier alpha value is -2.94. The van der Waals surface area contributed by atoms with Crippen LogP contribution in [-0.4, -0.2) is 55.9 Å². The van der Waals surface area contributed by atoms with E-state index in [0.29, 0.717) is 43.2 Å². The van der Waals surface area contributed by atoms with E-state index in [0.717, 1.165) is 10.4 Å². The van der Waals surface area contributed by atoms with Crippen LogP contribution in [0.3, 0.4) is 0 Å². The Labute approximate surface area is 197 Å². The van der Waals surface area contributed by atoms with Crippen LogP contribution in [0.5, 0.6) is 0 Å². The van der Waals surface area contributed by atoms with Crippen LogP contribution < -0.4 is 5.32 Å². The van der Waals surface area contributed by atoms with Crippen molar-refractivity contribution >= 4 is 38.4 Å². The molecule has 3 rings (SSSR count). The van der Waals surface area contributed by atoms with Gasteiger partial charge in [0.15, 0.2) is 0 Å². The highest BCUT2D eigenvalue weighted by molar-refractivity contribution is 7.89. The molecule has 33 heavy (non-hydrogen) atoms. The van der Waals surface area contributed by atoms with Crippen molar-refractivity contribution in [3.8, 4) is 6.07 Å². The predicted octanol–water partition coefficient (Wildman–Crippen LogP) is 3.42. The Balaban J connectivity index is 1.79. The van der Waals surface area contributed by atoms with Gasteiger partial charge in [-0.05, 0) is 43.2 Å². The second-order valence-electron chi connectivity index (χ2n) is 7.26. The molecule has 0 fully saturated rings. The first kappa shape index (κ1) is 24.7. The molecule has 2 amide bonds. The standard InChI is InChI=1S/C22H26N4O5S2/c1-4-26(5-2)33(29,30)16-9-7-15(8-10-16)20(27)24-21-18(13-23)17-11-12-25(14-19(17)32-21)22(28)31-6-3/h7-10H,4-6,11-12,14H2,1-3H3,(H,24,27). The molecule has 1 aromatic heterocycles. The molecule has 176 valence electrons. The lowest BCUT2D eigenvalue weighted by atomic mass is 10.0. The van der Waals surface area contributed by atoms with Gasteiger partial charge in [0.05, 0.1) is 23.6 Å². The number of sulfonamides is 1. The van der Waals surface area contributed by atoms with Gasteiger partial charge in [-0.3, -0.25) is 4.79 Å². The molecule has 0 saturated carbocycles. The first-order valence-corrected chi connectivity index (χ1v) is 12.9. The van der Waals surface area contributed by atoms with Gasteiger partial charge in [0.1, 0.15) is 11.1 Å². The number of fused-ring (bicyclic) bond motifs is 1. The molecule has 0 saturated heterocycles. The second-order valence-corrected chi connectivity index (χ2v) is 10.3. The molecule has 0 aliphatic carbocycles. The number of nitriles is 1. The van der Waals surface area contributed by atoms with E-state index >= 15 is 0 Å². The van der Waals surface area contributed by atoms with Crippen molar-refractivity contribution in [1.29, 1.82) is 5.26 Å². The maximum absolute atomic E-state index is 12.8. The van der Waals surface area contributed by atoms with Gasteiger partial charge in [-0.2, -0.15) is 9.57 Å². The number of thiophene rings is 1. The molecule has 0 radical (unpaired) electrons. The largest absolute Gasteiger partial charge is 0.450 e. The number of carbonyl (C=O) groups excluding carboxylic acids is 2. The summed E-state index contributed by atoms with van der Waals surface area (Å²) < 4.78 is 31.7. The fraction of sp³-hybridized carbons (Fsp3) is 0.409. The lowest BCUT2D eigenvalue weighted by Gasteiger charge is -2.25. The number of anilines is 1. The summed E-state index contributed by atoms with van der Waals surface area (Å²) in [4.78, 5) is 27.4. The molecule has 0 atom stereocenters. The number of benzene rings is 1.